The molecule has 0 saturated carbocycles. The smallest absolute Gasteiger partial charge is 0.411 e. The number of ketones is 1. The number of Topliss-reactive ketones (excluding diaryl/α,β-unsaturated/α-hetero) is 1. The van der Waals surface area contributed by atoms with Crippen molar-refractivity contribution in [1.82, 2.24) is 4.90 Å². The largest absolute Gasteiger partial charge is 0.465 e. The number of nitrogens with two attached hydrogens (primary N) is 1. The summed E-state index contributed by atoms with van der Waals surface area (Å²) in [6.07, 6.45) is -0.222. The average molecular weight is 501 g/mol. The van der Waals surface area contributed by atoms with Gasteiger partial charge in [0.05, 0.1) is 25.3 Å². The molecule has 1 unspecified atom stereocenters. The van der Waals surface area contributed by atoms with E-state index in [2.05, 4.69) is 41.5 Å². The standard InChI is InChI=1S/C25H48N2O6Si/c1-15(2)34(16(3)4,17(5)6)32-14-21(26)23-20(13-31-19(8)29)12-22(18(7)28)27(23)24(30)33-25(9,10)11/h15-17,20-23H,12-14,26H2,1-11H3/t20-,21?,22+,23-/m0/s1. The minimum Gasteiger partial charge on any atom is -0.465 e. The highest BCUT2D eigenvalue weighted by Crippen LogP contribution is 2.43. The topological polar surface area (TPSA) is 108 Å². The summed E-state index contributed by atoms with van der Waals surface area (Å²) in [7, 11) is -2.19. The summed E-state index contributed by atoms with van der Waals surface area (Å²) in [5.74, 6) is -0.855. The van der Waals surface area contributed by atoms with Crippen LogP contribution in [0.15, 0.2) is 0 Å². The molecule has 1 fully saturated rings. The quantitative estimate of drug-likeness (QED) is 0.343. The highest BCUT2D eigenvalue weighted by atomic mass is 28.4. The molecule has 0 aromatic carbocycles. The van der Waals surface area contributed by atoms with E-state index < -0.39 is 44.1 Å². The summed E-state index contributed by atoms with van der Waals surface area (Å²) in [4.78, 5) is 38.8. The van der Waals surface area contributed by atoms with Gasteiger partial charge in [0.15, 0.2) is 14.1 Å². The fraction of sp³-hybridized carbons (Fsp3) is 0.880. The Balaban J connectivity index is 3.34. The minimum atomic E-state index is -2.19. The molecule has 0 aliphatic carbocycles. The molecule has 9 heteroatoms. The number of nitrogens with zero attached hydrogens (tertiary/aromatic N) is 1. The van der Waals surface area contributed by atoms with Crippen molar-refractivity contribution in [1.29, 1.82) is 0 Å². The van der Waals surface area contributed by atoms with Crippen LogP contribution in [-0.2, 0) is 23.5 Å². The second-order valence-electron chi connectivity index (χ2n) is 11.6. The predicted molar refractivity (Wildman–Crippen MR) is 136 cm³/mol. The zero-order valence-electron chi connectivity index (χ0n) is 23.1. The van der Waals surface area contributed by atoms with Gasteiger partial charge in [-0.05, 0) is 50.7 Å². The van der Waals surface area contributed by atoms with Crippen molar-refractivity contribution in [3.05, 3.63) is 0 Å². The van der Waals surface area contributed by atoms with E-state index in [0.717, 1.165) is 0 Å². The van der Waals surface area contributed by atoms with Gasteiger partial charge in [0.2, 0.25) is 0 Å². The van der Waals surface area contributed by atoms with Crippen LogP contribution in [0, 0.1) is 5.92 Å². The molecule has 1 aliphatic rings. The molecule has 8 nitrogen and oxygen atoms in total. The van der Waals surface area contributed by atoms with Crippen molar-refractivity contribution < 1.29 is 28.3 Å². The molecule has 0 bridgehead atoms. The Morgan fingerprint density at radius 2 is 1.50 bits per heavy atom. The molecule has 2 N–H and O–H groups in total. The highest BCUT2D eigenvalue weighted by molar-refractivity contribution is 6.77. The van der Waals surface area contributed by atoms with Gasteiger partial charge >= 0.3 is 12.1 Å². The lowest BCUT2D eigenvalue weighted by Crippen LogP contribution is -2.58. The first-order valence-electron chi connectivity index (χ1n) is 12.5. The second-order valence-corrected chi connectivity index (χ2v) is 17.1. The summed E-state index contributed by atoms with van der Waals surface area (Å²) < 4.78 is 17.7. The number of esters is 1. The number of carbonyl (C=O) groups is 3. The molecule has 34 heavy (non-hydrogen) atoms. The van der Waals surface area contributed by atoms with Gasteiger partial charge in [0, 0.05) is 18.9 Å². The third kappa shape index (κ3) is 7.27. The fourth-order valence-electron chi connectivity index (χ4n) is 5.69. The normalized spacial score (nSPS) is 22.4. The van der Waals surface area contributed by atoms with Crippen LogP contribution in [0.25, 0.3) is 0 Å². The lowest BCUT2D eigenvalue weighted by atomic mass is 9.94. The predicted octanol–water partition coefficient (Wildman–Crippen LogP) is 4.65. The van der Waals surface area contributed by atoms with Gasteiger partial charge in [0.1, 0.15) is 5.60 Å². The summed E-state index contributed by atoms with van der Waals surface area (Å²) in [5.41, 5.74) is 7.15. The molecule has 4 atom stereocenters. The summed E-state index contributed by atoms with van der Waals surface area (Å²) in [6, 6.07) is -1.81. The van der Waals surface area contributed by atoms with Gasteiger partial charge in [-0.3, -0.25) is 14.5 Å². The van der Waals surface area contributed by atoms with Crippen molar-refractivity contribution in [3.63, 3.8) is 0 Å². The molecular weight excluding hydrogens is 452 g/mol. The van der Waals surface area contributed by atoms with Crippen molar-refractivity contribution in [3.8, 4) is 0 Å². The van der Waals surface area contributed by atoms with Crippen LogP contribution in [0.3, 0.4) is 0 Å². The first-order chi connectivity index (χ1) is 15.5. The molecular formula is C25H48N2O6Si. The van der Waals surface area contributed by atoms with E-state index in [4.69, 9.17) is 19.6 Å². The molecule has 0 radical (unpaired) electrons. The molecule has 1 amide bonds. The number of likely N-dealkylation sites (tertiary alicyclic amines) is 1. The average Bonchev–Trinajstić information content (AvgIpc) is 3.04. The fourth-order valence-corrected chi connectivity index (χ4v) is 11.2. The van der Waals surface area contributed by atoms with Crippen molar-refractivity contribution >= 4 is 26.2 Å². The molecule has 198 valence electrons. The van der Waals surface area contributed by atoms with Crippen molar-refractivity contribution in [2.75, 3.05) is 13.2 Å². The lowest BCUT2D eigenvalue weighted by molar-refractivity contribution is -0.142. The molecule has 1 heterocycles. The van der Waals surface area contributed by atoms with E-state index in [9.17, 15) is 14.4 Å². The number of rotatable bonds is 10. The Bertz CT molecular complexity index is 697. The number of hydrogen-bond acceptors (Lipinski definition) is 7. The first kappa shape index (κ1) is 30.6. The number of ether oxygens (including phenoxy) is 2. The van der Waals surface area contributed by atoms with Gasteiger partial charge in [-0.1, -0.05) is 41.5 Å². The maximum atomic E-state index is 13.3. The van der Waals surface area contributed by atoms with E-state index in [1.165, 1.54) is 18.7 Å². The molecule has 0 aromatic heterocycles. The summed E-state index contributed by atoms with van der Waals surface area (Å²) >= 11 is 0. The van der Waals surface area contributed by atoms with Gasteiger partial charge in [-0.2, -0.15) is 0 Å². The Kier molecular flexibility index (Phi) is 10.8. The van der Waals surface area contributed by atoms with Crippen molar-refractivity contribution in [2.45, 2.75) is 123 Å². The van der Waals surface area contributed by atoms with Gasteiger partial charge < -0.3 is 19.6 Å². The lowest BCUT2D eigenvalue weighted by Gasteiger charge is -2.44. The van der Waals surface area contributed by atoms with Crippen LogP contribution in [0.1, 0.15) is 82.6 Å². The molecule has 1 saturated heterocycles. The van der Waals surface area contributed by atoms with Crippen LogP contribution in [0.5, 0.6) is 0 Å². The molecule has 1 rings (SSSR count). The number of carbonyl (C=O) groups excluding carboxylic acids is 3. The zero-order chi connectivity index (χ0) is 26.6. The Morgan fingerprint density at radius 1 is 1.00 bits per heavy atom. The van der Waals surface area contributed by atoms with Crippen molar-refractivity contribution in [2.24, 2.45) is 11.7 Å². The number of amides is 1. The maximum absolute atomic E-state index is 13.3. The highest BCUT2D eigenvalue weighted by Gasteiger charge is 2.51. The summed E-state index contributed by atoms with van der Waals surface area (Å²) in [5, 5.41) is 0. The Labute approximate surface area is 207 Å². The zero-order valence-corrected chi connectivity index (χ0v) is 24.1. The van der Waals surface area contributed by atoms with Gasteiger partial charge in [0.25, 0.3) is 0 Å². The van der Waals surface area contributed by atoms with E-state index >= 15 is 0 Å². The monoisotopic (exact) mass is 500 g/mol. The molecule has 0 aromatic rings. The van der Waals surface area contributed by atoms with E-state index in [0.29, 0.717) is 23.0 Å². The van der Waals surface area contributed by atoms with Crippen LogP contribution in [0.4, 0.5) is 4.79 Å². The maximum Gasteiger partial charge on any atom is 0.411 e. The van der Waals surface area contributed by atoms with Crippen LogP contribution < -0.4 is 5.73 Å². The van der Waals surface area contributed by atoms with Gasteiger partial charge in [-0.15, -0.1) is 0 Å². The molecule has 1 aliphatic heterocycles. The summed E-state index contributed by atoms with van der Waals surface area (Å²) in [6.45, 7) is 21.7. The van der Waals surface area contributed by atoms with Crippen LogP contribution in [0.2, 0.25) is 16.6 Å². The first-order valence-corrected chi connectivity index (χ1v) is 14.6. The van der Waals surface area contributed by atoms with E-state index in [1.807, 2.05) is 0 Å². The third-order valence-corrected chi connectivity index (χ3v) is 13.0. The van der Waals surface area contributed by atoms with Crippen LogP contribution >= 0.6 is 0 Å². The Hall–Kier alpha value is -1.45. The molecule has 0 spiro atoms. The SMILES string of the molecule is CC(=O)OC[C@@H]1C[C@H](C(C)=O)N(C(=O)OC(C)(C)C)[C@@H]1C(N)CO[Si](C(C)C)(C(C)C)C(C)C. The number of hydrogen-bond donors (Lipinski definition) is 1. The minimum absolute atomic E-state index is 0.0812. The van der Waals surface area contributed by atoms with Crippen LogP contribution in [-0.4, -0.2) is 68.0 Å². The second kappa shape index (κ2) is 12.0. The van der Waals surface area contributed by atoms with Gasteiger partial charge in [-0.25, -0.2) is 4.79 Å². The van der Waals surface area contributed by atoms with E-state index in [1.54, 1.807) is 20.8 Å². The Morgan fingerprint density at radius 3 is 1.88 bits per heavy atom. The van der Waals surface area contributed by atoms with E-state index in [-0.39, 0.29) is 24.9 Å². The third-order valence-electron chi connectivity index (χ3n) is 6.91.